The van der Waals surface area contributed by atoms with Crippen LogP contribution in [0.1, 0.15) is 32.8 Å². The highest BCUT2D eigenvalue weighted by molar-refractivity contribution is 8.05. The molecule has 0 aromatic heterocycles. The number of thioether (sulfide) groups is 1. The van der Waals surface area contributed by atoms with Gasteiger partial charge in [-0.05, 0) is 37.0 Å². The van der Waals surface area contributed by atoms with Gasteiger partial charge in [0.15, 0.2) is 0 Å². The van der Waals surface area contributed by atoms with E-state index in [0.717, 1.165) is 11.8 Å². The van der Waals surface area contributed by atoms with Crippen molar-refractivity contribution in [1.82, 2.24) is 10.2 Å². The van der Waals surface area contributed by atoms with Gasteiger partial charge >= 0.3 is 16.4 Å². The lowest BCUT2D eigenvalue weighted by molar-refractivity contribution is -0.384. The van der Waals surface area contributed by atoms with E-state index >= 15 is 0 Å². The Morgan fingerprint density at radius 1 is 1.32 bits per heavy atom. The number of hydrogen-bond acceptors (Lipinski definition) is 11. The van der Waals surface area contributed by atoms with Gasteiger partial charge in [-0.1, -0.05) is 11.8 Å². The van der Waals surface area contributed by atoms with E-state index in [1.165, 1.54) is 61.5 Å². The summed E-state index contributed by atoms with van der Waals surface area (Å²) in [6.45, 7) is 3.93. The third-order valence-corrected chi connectivity index (χ3v) is 7.46. The van der Waals surface area contributed by atoms with Crippen LogP contribution in [-0.4, -0.2) is 54.8 Å². The number of benzene rings is 1. The van der Waals surface area contributed by atoms with Gasteiger partial charge < -0.3 is 15.0 Å². The second-order valence-electron chi connectivity index (χ2n) is 8.01. The van der Waals surface area contributed by atoms with E-state index in [1.54, 1.807) is 0 Å². The van der Waals surface area contributed by atoms with E-state index in [1.807, 2.05) is 0 Å². The molecule has 0 saturated carbocycles. The molecule has 200 valence electrons. The van der Waals surface area contributed by atoms with Crippen LogP contribution in [0, 0.1) is 16.0 Å². The van der Waals surface area contributed by atoms with E-state index < -0.39 is 45.3 Å². The summed E-state index contributed by atoms with van der Waals surface area (Å²) in [5, 5.41) is 14.8. The summed E-state index contributed by atoms with van der Waals surface area (Å²) >= 11 is 1.10. The quantitative estimate of drug-likeness (QED) is 0.173. The van der Waals surface area contributed by atoms with Crippen molar-refractivity contribution in [2.75, 3.05) is 6.61 Å². The zero-order valence-corrected chi connectivity index (χ0v) is 21.7. The summed E-state index contributed by atoms with van der Waals surface area (Å²) in [7, 11) is -4.30. The number of rotatable bonds is 12. The summed E-state index contributed by atoms with van der Waals surface area (Å²) in [6, 6.07) is 4.92. The van der Waals surface area contributed by atoms with E-state index in [9.17, 15) is 32.9 Å². The number of nitrogens with one attached hydrogen (secondary N) is 1. The smallest absolute Gasteiger partial charge is 0.400 e. The van der Waals surface area contributed by atoms with Crippen LogP contribution >= 0.6 is 11.8 Å². The number of β-lactam (4-membered cyclic amide) rings is 1. The molecule has 1 fully saturated rings. The number of carbonyl (C=O) groups is 3. The van der Waals surface area contributed by atoms with Gasteiger partial charge in [0.2, 0.25) is 11.8 Å². The molecule has 2 amide bonds. The maximum Gasteiger partial charge on any atom is 0.400 e. The molecule has 1 saturated heterocycles. The minimum absolute atomic E-state index is 0.00509. The zero-order valence-electron chi connectivity index (χ0n) is 20.1. The Labute approximate surface area is 217 Å². The van der Waals surface area contributed by atoms with Crippen molar-refractivity contribution in [1.29, 1.82) is 0 Å². The Bertz CT molecular complexity index is 1240. The Morgan fingerprint density at radius 3 is 2.59 bits per heavy atom. The van der Waals surface area contributed by atoms with E-state index in [-0.39, 0.29) is 36.9 Å². The third kappa shape index (κ3) is 6.74. The number of carbonyl (C=O) groups excluding carboxylic acids is 3. The van der Waals surface area contributed by atoms with Crippen molar-refractivity contribution in [3.05, 3.63) is 62.2 Å². The summed E-state index contributed by atoms with van der Waals surface area (Å²) in [4.78, 5) is 49.2. The monoisotopic (exact) mass is 555 g/mol. The van der Waals surface area contributed by atoms with Crippen LogP contribution in [0.3, 0.4) is 0 Å². The van der Waals surface area contributed by atoms with Crippen molar-refractivity contribution in [2.24, 2.45) is 5.92 Å². The summed E-state index contributed by atoms with van der Waals surface area (Å²) in [5.41, 5.74) is 0.399. The molecule has 13 nitrogen and oxygen atoms in total. The summed E-state index contributed by atoms with van der Waals surface area (Å²) in [5.74, 6) is -2.43. The molecule has 2 aliphatic rings. The number of nitrogens with zero attached hydrogens (tertiary/aromatic N) is 2. The Morgan fingerprint density at radius 2 is 2.00 bits per heavy atom. The summed E-state index contributed by atoms with van der Waals surface area (Å²) < 4.78 is 38.7. The molecule has 0 aliphatic carbocycles. The fourth-order valence-electron chi connectivity index (χ4n) is 3.93. The first kappa shape index (κ1) is 28.3. The molecule has 0 spiro atoms. The first-order chi connectivity index (χ1) is 17.4. The molecule has 15 heteroatoms. The lowest BCUT2D eigenvalue weighted by Crippen LogP contribution is -2.62. The minimum Gasteiger partial charge on any atom is -0.456 e. The minimum atomic E-state index is -4.30. The average Bonchev–Trinajstić information content (AvgIpc) is 3.14. The second-order valence-corrected chi connectivity index (χ2v) is 10.3. The standard InChI is InChI=1S/C22H25N3O10S2/c1-4-34-37(31,32)35-13(2)19-17-11-18(36-10-9-23-14(3)26)20(24(17)21(19)27)22(28)33-12-15-5-7-16(8-6-15)25(29)30/h5-10,13,17,19H,4,11-12H2,1-3H3,(H,23,26)/b10-9-/t13-,17+,19-/m0/s1. The largest absolute Gasteiger partial charge is 0.456 e. The zero-order chi connectivity index (χ0) is 27.3. The van der Waals surface area contributed by atoms with Crippen molar-refractivity contribution >= 4 is 45.6 Å². The van der Waals surface area contributed by atoms with Gasteiger partial charge in [0, 0.05) is 36.6 Å². The molecular weight excluding hydrogens is 530 g/mol. The van der Waals surface area contributed by atoms with Gasteiger partial charge in [0.05, 0.1) is 29.6 Å². The normalized spacial score (nSPS) is 20.0. The Hall–Kier alpha value is -3.27. The van der Waals surface area contributed by atoms with Gasteiger partial charge in [-0.15, -0.1) is 0 Å². The van der Waals surface area contributed by atoms with Crippen LogP contribution in [0.2, 0.25) is 0 Å². The lowest BCUT2D eigenvalue weighted by Gasteiger charge is -2.45. The number of ether oxygens (including phenoxy) is 1. The third-order valence-electron chi connectivity index (χ3n) is 5.48. The molecule has 1 N–H and O–H groups in total. The van der Waals surface area contributed by atoms with Crippen LogP contribution in [-0.2, 0) is 44.5 Å². The average molecular weight is 556 g/mol. The number of nitro groups is 1. The molecule has 0 unspecified atom stereocenters. The number of non-ortho nitro benzene ring substituents is 1. The lowest BCUT2D eigenvalue weighted by atomic mass is 9.83. The number of nitro benzene ring substituents is 1. The highest BCUT2D eigenvalue weighted by Gasteiger charge is 2.58. The topological polar surface area (TPSA) is 171 Å². The number of hydrogen-bond donors (Lipinski definition) is 1. The predicted octanol–water partition coefficient (Wildman–Crippen LogP) is 2.11. The number of amides is 2. The van der Waals surface area contributed by atoms with E-state index in [4.69, 9.17) is 8.92 Å². The molecule has 3 atom stereocenters. The van der Waals surface area contributed by atoms with Gasteiger partial charge in [0.25, 0.3) is 5.69 Å². The van der Waals surface area contributed by atoms with Crippen LogP contribution < -0.4 is 5.32 Å². The van der Waals surface area contributed by atoms with E-state index in [2.05, 4.69) is 9.50 Å². The first-order valence-electron chi connectivity index (χ1n) is 11.1. The fourth-order valence-corrected chi connectivity index (χ4v) is 5.62. The van der Waals surface area contributed by atoms with Crippen LogP contribution in [0.4, 0.5) is 5.69 Å². The molecule has 37 heavy (non-hydrogen) atoms. The molecule has 2 heterocycles. The molecule has 0 radical (unpaired) electrons. The van der Waals surface area contributed by atoms with Gasteiger partial charge in [-0.2, -0.15) is 8.42 Å². The highest BCUT2D eigenvalue weighted by atomic mass is 32.3. The molecular formula is C22H25N3O10S2. The van der Waals surface area contributed by atoms with Gasteiger partial charge in [-0.3, -0.25) is 19.7 Å². The molecule has 0 bridgehead atoms. The SMILES string of the molecule is CCOS(=O)(=O)O[C@@H](C)[C@@H]1C(=O)N2C(C(=O)OCc3ccc([N+](=O)[O-])cc3)=C(S/C=C\NC(C)=O)C[C@H]12. The van der Waals surface area contributed by atoms with Gasteiger partial charge in [-0.25, -0.2) is 13.2 Å². The second kappa shape index (κ2) is 11.9. The molecule has 1 aromatic carbocycles. The van der Waals surface area contributed by atoms with Crippen molar-refractivity contribution < 1.29 is 40.8 Å². The molecule has 2 aliphatic heterocycles. The highest BCUT2D eigenvalue weighted by Crippen LogP contribution is 2.48. The van der Waals surface area contributed by atoms with Crippen LogP contribution in [0.5, 0.6) is 0 Å². The summed E-state index contributed by atoms with van der Waals surface area (Å²) in [6.07, 6.45) is 0.576. The van der Waals surface area contributed by atoms with Gasteiger partial charge in [0.1, 0.15) is 12.3 Å². The predicted molar refractivity (Wildman–Crippen MR) is 130 cm³/mol. The molecule has 3 rings (SSSR count). The van der Waals surface area contributed by atoms with Crippen molar-refractivity contribution in [2.45, 2.75) is 45.9 Å². The Kier molecular flexibility index (Phi) is 9.07. The van der Waals surface area contributed by atoms with E-state index in [0.29, 0.717) is 10.5 Å². The first-order valence-corrected chi connectivity index (χ1v) is 13.3. The maximum absolute atomic E-state index is 13.0. The van der Waals surface area contributed by atoms with Crippen LogP contribution in [0.25, 0.3) is 0 Å². The van der Waals surface area contributed by atoms with Crippen molar-refractivity contribution in [3.8, 4) is 0 Å². The fraction of sp³-hybridized carbons (Fsp3) is 0.409. The van der Waals surface area contributed by atoms with Crippen LogP contribution in [0.15, 0.2) is 46.5 Å². The Balaban J connectivity index is 1.76. The van der Waals surface area contributed by atoms with Crippen molar-refractivity contribution in [3.63, 3.8) is 0 Å². The maximum atomic E-state index is 13.0. The number of fused-ring (bicyclic) bond motifs is 1. The number of esters is 1. The molecule has 1 aromatic rings.